The number of aromatic nitrogens is 1. The molecule has 2 atom stereocenters. The molecule has 0 unspecified atom stereocenters. The van der Waals surface area contributed by atoms with Crippen LogP contribution in [0.1, 0.15) is 49.1 Å². The van der Waals surface area contributed by atoms with E-state index in [2.05, 4.69) is 86.6 Å². The van der Waals surface area contributed by atoms with Gasteiger partial charge < -0.3 is 24.4 Å². The summed E-state index contributed by atoms with van der Waals surface area (Å²) in [7, 11) is 1.76. The highest BCUT2D eigenvalue weighted by Crippen LogP contribution is 2.38. The maximum atomic E-state index is 14.4. The summed E-state index contributed by atoms with van der Waals surface area (Å²) >= 11 is 0. The fraction of sp³-hybridized carbons (Fsp3) is 0.485. The van der Waals surface area contributed by atoms with E-state index in [0.29, 0.717) is 18.5 Å². The van der Waals surface area contributed by atoms with Crippen LogP contribution in [0.15, 0.2) is 66.9 Å². The lowest BCUT2D eigenvalue weighted by Crippen LogP contribution is -2.47. The first-order valence-corrected chi connectivity index (χ1v) is 14.8. The Kier molecular flexibility index (Phi) is 8.03. The summed E-state index contributed by atoms with van der Waals surface area (Å²) in [5.41, 5.74) is 5.09. The van der Waals surface area contributed by atoms with Crippen molar-refractivity contribution in [1.29, 1.82) is 0 Å². The summed E-state index contributed by atoms with van der Waals surface area (Å²) in [6.45, 7) is 6.09. The summed E-state index contributed by atoms with van der Waals surface area (Å²) in [4.78, 5) is 19.0. The Hall–Kier alpha value is -3.09. The highest BCUT2D eigenvalue weighted by atomic mass is 16.5. The molecule has 1 N–H and O–H groups in total. The summed E-state index contributed by atoms with van der Waals surface area (Å²) in [5.74, 6) is 0.527. The van der Waals surface area contributed by atoms with E-state index < -0.39 is 0 Å². The summed E-state index contributed by atoms with van der Waals surface area (Å²) in [6, 6.07) is 18.0. The zero-order valence-corrected chi connectivity index (χ0v) is 23.2. The van der Waals surface area contributed by atoms with Gasteiger partial charge in [0.25, 0.3) is 0 Å². The topological polar surface area (TPSA) is 49.7 Å². The number of benzene rings is 2. The number of carbonyl (C=O) groups is 1. The number of anilines is 1. The van der Waals surface area contributed by atoms with E-state index in [1.807, 2.05) is 0 Å². The van der Waals surface area contributed by atoms with Crippen LogP contribution in [0.5, 0.6) is 0 Å². The minimum absolute atomic E-state index is 0.0362. The van der Waals surface area contributed by atoms with Gasteiger partial charge in [-0.25, -0.2) is 0 Å². The van der Waals surface area contributed by atoms with Crippen molar-refractivity contribution >= 4 is 22.5 Å². The zero-order chi connectivity index (χ0) is 26.6. The van der Waals surface area contributed by atoms with Crippen LogP contribution in [0, 0.1) is 5.92 Å². The third kappa shape index (κ3) is 5.78. The molecule has 0 bridgehead atoms. The molecule has 3 aliphatic rings. The average molecular weight is 527 g/mol. The predicted octanol–water partition coefficient (Wildman–Crippen LogP) is 5.33. The zero-order valence-electron chi connectivity index (χ0n) is 23.2. The third-order valence-electron chi connectivity index (χ3n) is 8.75. The van der Waals surface area contributed by atoms with Gasteiger partial charge in [0, 0.05) is 75.3 Å². The van der Waals surface area contributed by atoms with Crippen LogP contribution < -0.4 is 10.2 Å². The van der Waals surface area contributed by atoms with Crippen molar-refractivity contribution in [3.05, 3.63) is 78.0 Å². The number of piperidine rings is 1. The highest BCUT2D eigenvalue weighted by Gasteiger charge is 2.40. The number of rotatable bonds is 10. The molecule has 39 heavy (non-hydrogen) atoms. The number of fused-ring (bicyclic) bond motifs is 1. The molecule has 206 valence electrons. The molecule has 6 rings (SSSR count). The van der Waals surface area contributed by atoms with Crippen LogP contribution in [-0.4, -0.2) is 61.3 Å². The van der Waals surface area contributed by atoms with Gasteiger partial charge in [-0.15, -0.1) is 0 Å². The standard InChI is InChI=1S/C33H42N4O2/c1-39-20-8-19-36-23-26(30-11-3-4-12-32(30)36)24-37(27-13-14-27)33(38)31-22-34-16-15-29(31)25-9-7-10-28(21-25)35-17-5-2-6-18-35/h2-5,7,9-12,21,23,27,29,31,34H,6,8,13-20,22,24H2,1H3/t29-,31+/m1/s1. The van der Waals surface area contributed by atoms with Gasteiger partial charge in [0.05, 0.1) is 5.92 Å². The maximum Gasteiger partial charge on any atom is 0.228 e. The second kappa shape index (κ2) is 12.0. The third-order valence-corrected chi connectivity index (χ3v) is 8.75. The van der Waals surface area contributed by atoms with Gasteiger partial charge in [-0.3, -0.25) is 4.79 Å². The van der Waals surface area contributed by atoms with Gasteiger partial charge in [-0.2, -0.15) is 0 Å². The Labute approximate surface area is 232 Å². The van der Waals surface area contributed by atoms with Crippen LogP contribution in [0.25, 0.3) is 10.9 Å². The summed E-state index contributed by atoms with van der Waals surface area (Å²) in [5, 5.41) is 4.81. The molecule has 6 heteroatoms. The highest BCUT2D eigenvalue weighted by molar-refractivity contribution is 5.85. The van der Waals surface area contributed by atoms with E-state index in [4.69, 9.17) is 4.74 Å². The van der Waals surface area contributed by atoms with Gasteiger partial charge >= 0.3 is 0 Å². The van der Waals surface area contributed by atoms with E-state index in [1.54, 1.807) is 7.11 Å². The molecule has 2 aromatic carbocycles. The summed E-state index contributed by atoms with van der Waals surface area (Å²) < 4.78 is 7.63. The molecular formula is C33H42N4O2. The van der Waals surface area contributed by atoms with E-state index in [1.165, 1.54) is 27.7 Å². The van der Waals surface area contributed by atoms with E-state index in [9.17, 15) is 4.79 Å². The molecule has 0 radical (unpaired) electrons. The molecule has 1 saturated heterocycles. The quantitative estimate of drug-likeness (QED) is 0.287. The first kappa shape index (κ1) is 26.1. The minimum Gasteiger partial charge on any atom is -0.385 e. The van der Waals surface area contributed by atoms with Crippen molar-refractivity contribution in [3.63, 3.8) is 0 Å². The Morgan fingerprint density at radius 1 is 1.10 bits per heavy atom. The first-order chi connectivity index (χ1) is 19.2. The molecule has 1 aliphatic carbocycles. The lowest BCUT2D eigenvalue weighted by molar-refractivity contribution is -0.138. The Bertz CT molecular complexity index is 1310. The van der Waals surface area contributed by atoms with Gasteiger partial charge in [-0.05, 0) is 73.9 Å². The molecule has 0 spiro atoms. The van der Waals surface area contributed by atoms with Crippen molar-refractivity contribution in [2.75, 3.05) is 44.8 Å². The largest absolute Gasteiger partial charge is 0.385 e. The van der Waals surface area contributed by atoms with Gasteiger partial charge in [0.2, 0.25) is 5.91 Å². The minimum atomic E-state index is -0.0362. The van der Waals surface area contributed by atoms with Crippen molar-refractivity contribution in [2.24, 2.45) is 5.92 Å². The maximum absolute atomic E-state index is 14.4. The number of nitrogens with zero attached hydrogens (tertiary/aromatic N) is 3. The molecular weight excluding hydrogens is 484 g/mol. The normalized spacial score (nSPS) is 21.4. The number of methoxy groups -OCH3 is 1. The van der Waals surface area contributed by atoms with Gasteiger partial charge in [0.15, 0.2) is 0 Å². The fourth-order valence-electron chi connectivity index (χ4n) is 6.53. The number of nitrogens with one attached hydrogen (secondary N) is 1. The van der Waals surface area contributed by atoms with E-state index in [-0.39, 0.29) is 11.8 Å². The lowest BCUT2D eigenvalue weighted by atomic mass is 9.80. The summed E-state index contributed by atoms with van der Waals surface area (Å²) in [6.07, 6.45) is 12.1. The molecule has 3 aromatic rings. The molecule has 1 saturated carbocycles. The monoisotopic (exact) mass is 526 g/mol. The van der Waals surface area contributed by atoms with Crippen molar-refractivity contribution in [3.8, 4) is 0 Å². The van der Waals surface area contributed by atoms with Gasteiger partial charge in [-0.1, -0.05) is 42.5 Å². The molecule has 6 nitrogen and oxygen atoms in total. The van der Waals surface area contributed by atoms with Crippen LogP contribution >= 0.6 is 0 Å². The fourth-order valence-corrected chi connectivity index (χ4v) is 6.53. The Morgan fingerprint density at radius 2 is 2.00 bits per heavy atom. The number of para-hydroxylation sites is 1. The van der Waals surface area contributed by atoms with Crippen LogP contribution in [0.3, 0.4) is 0 Å². The van der Waals surface area contributed by atoms with Crippen LogP contribution in [-0.2, 0) is 22.6 Å². The SMILES string of the molecule is COCCCn1cc(CN(C(=O)[C@H]2CNCC[C@@H]2c2cccc(N3CC=CCC3)c2)C2CC2)c2ccccc21. The lowest BCUT2D eigenvalue weighted by Gasteiger charge is -2.36. The molecule has 3 heterocycles. The van der Waals surface area contributed by atoms with E-state index in [0.717, 1.165) is 71.4 Å². The van der Waals surface area contributed by atoms with Crippen LogP contribution in [0.2, 0.25) is 0 Å². The Balaban J connectivity index is 1.25. The van der Waals surface area contributed by atoms with Crippen LogP contribution in [0.4, 0.5) is 5.69 Å². The molecule has 2 fully saturated rings. The molecule has 1 aromatic heterocycles. The predicted molar refractivity (Wildman–Crippen MR) is 158 cm³/mol. The second-order valence-corrected chi connectivity index (χ2v) is 11.4. The average Bonchev–Trinajstić information content (AvgIpc) is 3.78. The molecule has 1 amide bonds. The molecule has 2 aliphatic heterocycles. The first-order valence-electron chi connectivity index (χ1n) is 14.8. The number of aryl methyl sites for hydroxylation is 1. The smallest absolute Gasteiger partial charge is 0.228 e. The van der Waals surface area contributed by atoms with Crippen molar-refractivity contribution in [1.82, 2.24) is 14.8 Å². The van der Waals surface area contributed by atoms with E-state index >= 15 is 0 Å². The van der Waals surface area contributed by atoms with Crippen molar-refractivity contribution in [2.45, 2.75) is 57.2 Å². The van der Waals surface area contributed by atoms with Crippen molar-refractivity contribution < 1.29 is 9.53 Å². The Morgan fingerprint density at radius 3 is 2.82 bits per heavy atom. The second-order valence-electron chi connectivity index (χ2n) is 11.4. The number of amides is 1. The number of hydrogen-bond donors (Lipinski definition) is 1. The van der Waals surface area contributed by atoms with Gasteiger partial charge in [0.1, 0.15) is 0 Å². The number of hydrogen-bond acceptors (Lipinski definition) is 4. The number of ether oxygens (including phenoxy) is 1. The number of carbonyl (C=O) groups excluding carboxylic acids is 1.